The first kappa shape index (κ1) is 18.8. The van der Waals surface area contributed by atoms with E-state index in [1.54, 1.807) is 11.0 Å². The lowest BCUT2D eigenvalue weighted by molar-refractivity contribution is -0.136. The van der Waals surface area contributed by atoms with Crippen LogP contribution in [-0.2, 0) is 28.2 Å². The molecular weight excluding hydrogens is 380 g/mol. The van der Waals surface area contributed by atoms with Crippen molar-refractivity contribution >= 4 is 23.4 Å². The van der Waals surface area contributed by atoms with Crippen LogP contribution in [0.4, 0.5) is 5.69 Å². The molecule has 0 spiro atoms. The molecule has 5 rings (SSSR count). The number of nitrogens with one attached hydrogen (secondary N) is 2. The van der Waals surface area contributed by atoms with Crippen LogP contribution in [0.1, 0.15) is 52.7 Å². The van der Waals surface area contributed by atoms with Gasteiger partial charge in [0.05, 0.1) is 0 Å². The molecule has 3 aliphatic rings. The van der Waals surface area contributed by atoms with E-state index in [1.165, 1.54) is 5.56 Å². The summed E-state index contributed by atoms with van der Waals surface area (Å²) in [5.41, 5.74) is 10.9. The van der Waals surface area contributed by atoms with E-state index in [-0.39, 0.29) is 29.7 Å². The Balaban J connectivity index is 1.30. The van der Waals surface area contributed by atoms with Crippen LogP contribution in [0.3, 0.4) is 0 Å². The standard InChI is InChI=1S/C23H24N4O3/c24-23(10-11-23)15-4-6-16(7-5-15)25-12-14-2-1-3-17-18(14)13-27(22(17)30)19-8-9-20(28)26-21(19)29/h1-7,19,25H,8-13,24H2,(H,26,28,29). The lowest BCUT2D eigenvalue weighted by atomic mass is 10.0. The molecule has 154 valence electrons. The number of nitrogens with zero attached hydrogens (tertiary/aromatic N) is 1. The van der Waals surface area contributed by atoms with E-state index in [4.69, 9.17) is 5.73 Å². The number of piperidine rings is 1. The third-order valence-electron chi connectivity index (χ3n) is 6.41. The SMILES string of the molecule is NC1(c2ccc(NCc3cccc4c3CN(C3CCC(=O)NC3=O)C4=O)cc2)CC1. The average Bonchev–Trinajstić information content (AvgIpc) is 3.41. The number of amides is 3. The third-order valence-corrected chi connectivity index (χ3v) is 6.41. The molecule has 2 aliphatic heterocycles. The van der Waals surface area contributed by atoms with Crippen molar-refractivity contribution in [3.63, 3.8) is 0 Å². The summed E-state index contributed by atoms with van der Waals surface area (Å²) in [6.45, 7) is 0.958. The molecule has 1 saturated heterocycles. The van der Waals surface area contributed by atoms with Gasteiger partial charge < -0.3 is 16.0 Å². The van der Waals surface area contributed by atoms with Gasteiger partial charge in [-0.2, -0.15) is 0 Å². The van der Waals surface area contributed by atoms with Crippen LogP contribution in [0.15, 0.2) is 42.5 Å². The monoisotopic (exact) mass is 404 g/mol. The lowest BCUT2D eigenvalue weighted by Crippen LogP contribution is -2.52. The summed E-state index contributed by atoms with van der Waals surface area (Å²) >= 11 is 0. The number of hydrogen-bond donors (Lipinski definition) is 3. The van der Waals surface area contributed by atoms with Crippen LogP contribution in [-0.4, -0.2) is 28.7 Å². The molecule has 2 fully saturated rings. The van der Waals surface area contributed by atoms with Crippen molar-refractivity contribution in [1.82, 2.24) is 10.2 Å². The van der Waals surface area contributed by atoms with Crippen molar-refractivity contribution in [2.24, 2.45) is 5.73 Å². The Morgan fingerprint density at radius 3 is 2.57 bits per heavy atom. The van der Waals surface area contributed by atoms with Gasteiger partial charge in [-0.15, -0.1) is 0 Å². The first-order valence-electron chi connectivity index (χ1n) is 10.3. The van der Waals surface area contributed by atoms with Gasteiger partial charge in [-0.25, -0.2) is 0 Å². The molecule has 2 aromatic carbocycles. The second-order valence-corrected chi connectivity index (χ2v) is 8.43. The maximum absolute atomic E-state index is 12.9. The molecule has 0 aromatic heterocycles. The Morgan fingerprint density at radius 1 is 1.10 bits per heavy atom. The predicted octanol–water partition coefficient (Wildman–Crippen LogP) is 2.01. The molecule has 7 nitrogen and oxygen atoms in total. The molecule has 2 heterocycles. The van der Waals surface area contributed by atoms with E-state index in [0.29, 0.717) is 25.1 Å². The second kappa shape index (κ2) is 6.95. The van der Waals surface area contributed by atoms with Crippen molar-refractivity contribution in [2.75, 3.05) is 5.32 Å². The largest absolute Gasteiger partial charge is 0.381 e. The highest BCUT2D eigenvalue weighted by atomic mass is 16.2. The summed E-state index contributed by atoms with van der Waals surface area (Å²) in [4.78, 5) is 38.2. The third kappa shape index (κ3) is 3.25. The van der Waals surface area contributed by atoms with Gasteiger partial charge in [-0.3, -0.25) is 19.7 Å². The fourth-order valence-corrected chi connectivity index (χ4v) is 4.36. The number of fused-ring (bicyclic) bond motifs is 1. The van der Waals surface area contributed by atoms with Crippen molar-refractivity contribution in [3.8, 4) is 0 Å². The number of anilines is 1. The lowest BCUT2D eigenvalue weighted by Gasteiger charge is -2.29. The maximum atomic E-state index is 12.9. The smallest absolute Gasteiger partial charge is 0.255 e. The Morgan fingerprint density at radius 2 is 1.87 bits per heavy atom. The number of benzene rings is 2. The molecule has 1 aliphatic carbocycles. The van der Waals surface area contributed by atoms with Crippen LogP contribution >= 0.6 is 0 Å². The Hall–Kier alpha value is -3.19. The summed E-state index contributed by atoms with van der Waals surface area (Å²) in [6.07, 6.45) is 2.69. The van der Waals surface area contributed by atoms with E-state index in [2.05, 4.69) is 22.8 Å². The van der Waals surface area contributed by atoms with Gasteiger partial charge in [-0.05, 0) is 54.2 Å². The summed E-state index contributed by atoms with van der Waals surface area (Å²) in [5, 5.41) is 5.76. The van der Waals surface area contributed by atoms with Gasteiger partial charge >= 0.3 is 0 Å². The van der Waals surface area contributed by atoms with Gasteiger partial charge in [-0.1, -0.05) is 24.3 Å². The quantitative estimate of drug-likeness (QED) is 0.662. The minimum Gasteiger partial charge on any atom is -0.381 e. The average molecular weight is 404 g/mol. The first-order valence-corrected chi connectivity index (χ1v) is 10.3. The van der Waals surface area contributed by atoms with E-state index >= 15 is 0 Å². The molecule has 30 heavy (non-hydrogen) atoms. The molecule has 0 bridgehead atoms. The molecular formula is C23H24N4O3. The summed E-state index contributed by atoms with van der Waals surface area (Å²) in [7, 11) is 0. The zero-order valence-electron chi connectivity index (χ0n) is 16.6. The molecule has 7 heteroatoms. The van der Waals surface area contributed by atoms with E-state index in [9.17, 15) is 14.4 Å². The van der Waals surface area contributed by atoms with Crippen molar-refractivity contribution in [2.45, 2.75) is 50.4 Å². The highest BCUT2D eigenvalue weighted by Gasteiger charge is 2.40. The normalized spacial score (nSPS) is 22.0. The zero-order valence-corrected chi connectivity index (χ0v) is 16.6. The number of nitrogens with two attached hydrogens (primary N) is 1. The van der Waals surface area contributed by atoms with E-state index in [0.717, 1.165) is 29.7 Å². The minimum atomic E-state index is -0.595. The predicted molar refractivity (Wildman–Crippen MR) is 111 cm³/mol. The van der Waals surface area contributed by atoms with Crippen LogP contribution in [0.25, 0.3) is 0 Å². The highest BCUT2D eigenvalue weighted by Crippen LogP contribution is 2.42. The molecule has 2 aromatic rings. The number of hydrogen-bond acceptors (Lipinski definition) is 5. The Bertz CT molecular complexity index is 1040. The highest BCUT2D eigenvalue weighted by molar-refractivity contribution is 6.05. The van der Waals surface area contributed by atoms with Crippen molar-refractivity contribution in [1.29, 1.82) is 0 Å². The Kier molecular flexibility index (Phi) is 4.36. The van der Waals surface area contributed by atoms with Crippen molar-refractivity contribution in [3.05, 3.63) is 64.7 Å². The Labute approximate surface area is 174 Å². The first-order chi connectivity index (χ1) is 14.4. The molecule has 4 N–H and O–H groups in total. The van der Waals surface area contributed by atoms with Gasteiger partial charge in [0.2, 0.25) is 11.8 Å². The fourth-order valence-electron chi connectivity index (χ4n) is 4.36. The fraction of sp³-hybridized carbons (Fsp3) is 0.348. The molecule has 1 unspecified atom stereocenters. The number of imide groups is 1. The summed E-state index contributed by atoms with van der Waals surface area (Å²) < 4.78 is 0. The molecule has 1 saturated carbocycles. The van der Waals surface area contributed by atoms with Gasteiger partial charge in [0.15, 0.2) is 0 Å². The number of carbonyl (C=O) groups excluding carboxylic acids is 3. The number of carbonyl (C=O) groups is 3. The maximum Gasteiger partial charge on any atom is 0.255 e. The summed E-state index contributed by atoms with van der Waals surface area (Å²) in [5.74, 6) is -0.817. The summed E-state index contributed by atoms with van der Waals surface area (Å²) in [6, 6.07) is 13.3. The van der Waals surface area contributed by atoms with Crippen LogP contribution in [0.2, 0.25) is 0 Å². The molecule has 0 radical (unpaired) electrons. The van der Waals surface area contributed by atoms with Gasteiger partial charge in [0, 0.05) is 36.3 Å². The second-order valence-electron chi connectivity index (χ2n) is 8.43. The topological polar surface area (TPSA) is 105 Å². The van der Waals surface area contributed by atoms with Crippen LogP contribution in [0, 0.1) is 0 Å². The van der Waals surface area contributed by atoms with Gasteiger partial charge in [0.1, 0.15) is 6.04 Å². The van der Waals surface area contributed by atoms with E-state index < -0.39 is 6.04 Å². The number of rotatable bonds is 5. The van der Waals surface area contributed by atoms with Gasteiger partial charge in [0.25, 0.3) is 5.91 Å². The molecule has 3 amide bonds. The molecule has 1 atom stereocenters. The van der Waals surface area contributed by atoms with Crippen LogP contribution < -0.4 is 16.4 Å². The minimum absolute atomic E-state index is 0.140. The van der Waals surface area contributed by atoms with Crippen LogP contribution in [0.5, 0.6) is 0 Å². The zero-order chi connectivity index (χ0) is 20.9. The van der Waals surface area contributed by atoms with E-state index in [1.807, 2.05) is 24.3 Å². The van der Waals surface area contributed by atoms with Crippen molar-refractivity contribution < 1.29 is 14.4 Å².